The Morgan fingerprint density at radius 3 is 2.75 bits per heavy atom. The van der Waals surface area contributed by atoms with Gasteiger partial charge in [0.1, 0.15) is 5.82 Å². The predicted octanol–water partition coefficient (Wildman–Crippen LogP) is 2.95. The molecule has 3 rings (SSSR count). The largest absolute Gasteiger partial charge is 0.341 e. The van der Waals surface area contributed by atoms with E-state index in [1.807, 2.05) is 10.4 Å². The third kappa shape index (κ3) is 4.85. The second kappa shape index (κ2) is 8.35. The molecular formula is C18H22FN3OS. The number of aryl methyl sites for hydroxylation is 1. The highest BCUT2D eigenvalue weighted by Crippen LogP contribution is 2.12. The van der Waals surface area contributed by atoms with Crippen molar-refractivity contribution in [1.29, 1.82) is 0 Å². The molecule has 1 aromatic heterocycles. The van der Waals surface area contributed by atoms with Crippen molar-refractivity contribution in [2.75, 3.05) is 26.2 Å². The van der Waals surface area contributed by atoms with E-state index in [0.717, 1.165) is 50.4 Å². The summed E-state index contributed by atoms with van der Waals surface area (Å²) >= 11 is 1.62. The SMILES string of the molecule is O=C(CCc1ccc(F)cc1)N1CCCN(Cc2cscn2)CC1. The van der Waals surface area contributed by atoms with Gasteiger partial charge in [-0.1, -0.05) is 12.1 Å². The van der Waals surface area contributed by atoms with Gasteiger partial charge in [-0.15, -0.1) is 11.3 Å². The fraction of sp³-hybridized carbons (Fsp3) is 0.444. The van der Waals surface area contributed by atoms with Gasteiger partial charge in [0.15, 0.2) is 0 Å². The molecule has 128 valence electrons. The molecule has 1 saturated heterocycles. The van der Waals surface area contributed by atoms with Crippen LogP contribution in [0.1, 0.15) is 24.1 Å². The fourth-order valence-electron chi connectivity index (χ4n) is 2.98. The Hall–Kier alpha value is -1.79. The van der Waals surface area contributed by atoms with Crippen molar-refractivity contribution in [3.8, 4) is 0 Å². The summed E-state index contributed by atoms with van der Waals surface area (Å²) < 4.78 is 12.9. The number of hydrogen-bond donors (Lipinski definition) is 0. The van der Waals surface area contributed by atoms with E-state index >= 15 is 0 Å². The summed E-state index contributed by atoms with van der Waals surface area (Å²) in [5.41, 5.74) is 3.97. The zero-order chi connectivity index (χ0) is 16.8. The summed E-state index contributed by atoms with van der Waals surface area (Å²) in [6, 6.07) is 6.39. The molecule has 4 nitrogen and oxygen atoms in total. The summed E-state index contributed by atoms with van der Waals surface area (Å²) in [6.07, 6.45) is 2.14. The third-order valence-corrected chi connectivity index (χ3v) is 4.99. The molecule has 0 unspecified atom stereocenters. The summed E-state index contributed by atoms with van der Waals surface area (Å²) in [6.45, 7) is 4.34. The van der Waals surface area contributed by atoms with Crippen molar-refractivity contribution in [3.63, 3.8) is 0 Å². The number of amides is 1. The summed E-state index contributed by atoms with van der Waals surface area (Å²) in [7, 11) is 0. The van der Waals surface area contributed by atoms with Crippen LogP contribution >= 0.6 is 11.3 Å². The lowest BCUT2D eigenvalue weighted by atomic mass is 10.1. The minimum absolute atomic E-state index is 0.190. The third-order valence-electron chi connectivity index (χ3n) is 4.35. The first-order valence-electron chi connectivity index (χ1n) is 8.32. The van der Waals surface area contributed by atoms with Crippen LogP contribution in [0.2, 0.25) is 0 Å². The molecular weight excluding hydrogens is 325 g/mol. The number of thiazole rings is 1. The van der Waals surface area contributed by atoms with Crippen molar-refractivity contribution in [2.24, 2.45) is 0 Å². The highest BCUT2D eigenvalue weighted by molar-refractivity contribution is 7.07. The van der Waals surface area contributed by atoms with Crippen LogP contribution in [0, 0.1) is 5.82 Å². The zero-order valence-electron chi connectivity index (χ0n) is 13.7. The normalized spacial score (nSPS) is 16.1. The van der Waals surface area contributed by atoms with Gasteiger partial charge in [0.05, 0.1) is 11.2 Å². The van der Waals surface area contributed by atoms with Crippen LogP contribution in [0.15, 0.2) is 35.2 Å². The van der Waals surface area contributed by atoms with Crippen LogP contribution in [0.3, 0.4) is 0 Å². The average molecular weight is 347 g/mol. The van der Waals surface area contributed by atoms with Crippen molar-refractivity contribution in [2.45, 2.75) is 25.8 Å². The van der Waals surface area contributed by atoms with E-state index in [0.29, 0.717) is 12.8 Å². The van der Waals surface area contributed by atoms with E-state index in [4.69, 9.17) is 0 Å². The van der Waals surface area contributed by atoms with Crippen molar-refractivity contribution >= 4 is 17.2 Å². The number of halogens is 1. The Morgan fingerprint density at radius 1 is 1.17 bits per heavy atom. The standard InChI is InChI=1S/C18H22FN3OS/c19-16-5-2-15(3-6-16)4-7-18(23)22-9-1-8-21(10-11-22)12-17-13-24-14-20-17/h2-3,5-6,13-14H,1,4,7-12H2. The van der Waals surface area contributed by atoms with E-state index in [1.54, 1.807) is 23.5 Å². The Labute approximate surface area is 145 Å². The Bertz CT molecular complexity index is 645. The topological polar surface area (TPSA) is 36.4 Å². The van der Waals surface area contributed by atoms with E-state index < -0.39 is 0 Å². The van der Waals surface area contributed by atoms with Gasteiger partial charge in [0.25, 0.3) is 0 Å². The van der Waals surface area contributed by atoms with E-state index in [9.17, 15) is 9.18 Å². The maximum atomic E-state index is 12.9. The molecule has 2 aromatic rings. The second-order valence-electron chi connectivity index (χ2n) is 6.12. The number of carbonyl (C=O) groups excluding carboxylic acids is 1. The minimum atomic E-state index is -0.238. The monoisotopic (exact) mass is 347 g/mol. The number of benzene rings is 1. The van der Waals surface area contributed by atoms with E-state index in [-0.39, 0.29) is 11.7 Å². The highest BCUT2D eigenvalue weighted by Gasteiger charge is 2.19. The van der Waals surface area contributed by atoms with Gasteiger partial charge in [0.2, 0.25) is 5.91 Å². The molecule has 0 aliphatic carbocycles. The average Bonchev–Trinajstić information content (AvgIpc) is 2.98. The van der Waals surface area contributed by atoms with Gasteiger partial charge in [-0.05, 0) is 30.5 Å². The maximum absolute atomic E-state index is 12.9. The molecule has 0 radical (unpaired) electrons. The molecule has 1 amide bonds. The maximum Gasteiger partial charge on any atom is 0.222 e. The van der Waals surface area contributed by atoms with Crippen LogP contribution in [0.25, 0.3) is 0 Å². The van der Waals surface area contributed by atoms with Crippen LogP contribution in [0.4, 0.5) is 4.39 Å². The van der Waals surface area contributed by atoms with Gasteiger partial charge < -0.3 is 4.90 Å². The molecule has 0 spiro atoms. The number of carbonyl (C=O) groups is 1. The van der Waals surface area contributed by atoms with Gasteiger partial charge in [0, 0.05) is 44.5 Å². The number of hydrogen-bond acceptors (Lipinski definition) is 4. The molecule has 0 N–H and O–H groups in total. The van der Waals surface area contributed by atoms with Crippen LogP contribution in [-0.2, 0) is 17.8 Å². The lowest BCUT2D eigenvalue weighted by Gasteiger charge is -2.21. The summed E-state index contributed by atoms with van der Waals surface area (Å²) in [5.74, 6) is -0.0485. The van der Waals surface area contributed by atoms with Gasteiger partial charge in [-0.25, -0.2) is 9.37 Å². The smallest absolute Gasteiger partial charge is 0.222 e. The molecule has 0 saturated carbocycles. The lowest BCUT2D eigenvalue weighted by Crippen LogP contribution is -2.35. The van der Waals surface area contributed by atoms with E-state index in [1.165, 1.54) is 12.1 Å². The molecule has 1 aliphatic rings. The minimum Gasteiger partial charge on any atom is -0.341 e. The Balaban J connectivity index is 1.46. The molecule has 1 aliphatic heterocycles. The Morgan fingerprint density at radius 2 is 2.00 bits per heavy atom. The molecule has 24 heavy (non-hydrogen) atoms. The van der Waals surface area contributed by atoms with Crippen molar-refractivity contribution in [3.05, 3.63) is 52.2 Å². The van der Waals surface area contributed by atoms with Crippen LogP contribution < -0.4 is 0 Å². The first-order chi connectivity index (χ1) is 11.7. The van der Waals surface area contributed by atoms with Crippen molar-refractivity contribution in [1.82, 2.24) is 14.8 Å². The lowest BCUT2D eigenvalue weighted by molar-refractivity contribution is -0.131. The zero-order valence-corrected chi connectivity index (χ0v) is 14.5. The van der Waals surface area contributed by atoms with Crippen molar-refractivity contribution < 1.29 is 9.18 Å². The quantitative estimate of drug-likeness (QED) is 0.834. The summed E-state index contributed by atoms with van der Waals surface area (Å²) in [4.78, 5) is 21.1. The molecule has 0 bridgehead atoms. The first kappa shape index (κ1) is 17.0. The summed E-state index contributed by atoms with van der Waals surface area (Å²) in [5, 5.41) is 2.08. The Kier molecular flexibility index (Phi) is 5.93. The molecule has 6 heteroatoms. The predicted molar refractivity (Wildman–Crippen MR) is 93.3 cm³/mol. The van der Waals surface area contributed by atoms with Gasteiger partial charge in [-0.3, -0.25) is 9.69 Å². The molecule has 1 fully saturated rings. The molecule has 1 aromatic carbocycles. The number of aromatic nitrogens is 1. The van der Waals surface area contributed by atoms with Crippen LogP contribution in [0.5, 0.6) is 0 Å². The highest BCUT2D eigenvalue weighted by atomic mass is 32.1. The molecule has 0 atom stereocenters. The first-order valence-corrected chi connectivity index (χ1v) is 9.26. The number of nitrogens with zero attached hydrogens (tertiary/aromatic N) is 3. The van der Waals surface area contributed by atoms with Gasteiger partial charge in [-0.2, -0.15) is 0 Å². The molecule has 2 heterocycles. The van der Waals surface area contributed by atoms with Gasteiger partial charge >= 0.3 is 0 Å². The second-order valence-corrected chi connectivity index (χ2v) is 6.84. The fourth-order valence-corrected chi connectivity index (χ4v) is 3.53. The van der Waals surface area contributed by atoms with Crippen LogP contribution in [-0.4, -0.2) is 46.9 Å². The van der Waals surface area contributed by atoms with E-state index in [2.05, 4.69) is 15.3 Å². The number of rotatable bonds is 5.